The molecule has 2 amide bonds. The maximum Gasteiger partial charge on any atom is 0.316 e. The number of aryl methyl sites for hydroxylation is 1. The Bertz CT molecular complexity index is 2000. The Morgan fingerprint density at radius 3 is 2.46 bits per heavy atom. The second-order valence-corrected chi connectivity index (χ2v) is 10.7. The Labute approximate surface area is 263 Å². The van der Waals surface area contributed by atoms with Gasteiger partial charge in [0.05, 0.1) is 50.6 Å². The van der Waals surface area contributed by atoms with Crippen LogP contribution >= 0.6 is 0 Å². The van der Waals surface area contributed by atoms with Crippen molar-refractivity contribution < 1.29 is 23.8 Å². The van der Waals surface area contributed by atoms with Crippen molar-refractivity contribution in [2.45, 2.75) is 32.4 Å². The van der Waals surface area contributed by atoms with Gasteiger partial charge >= 0.3 is 11.1 Å². The number of fused-ring (bicyclic) bond motifs is 4. The lowest BCUT2D eigenvalue weighted by Gasteiger charge is -2.19. The molecule has 3 aromatic carbocycles. The number of anilines is 1. The number of H-pyrrole nitrogens is 1. The Morgan fingerprint density at radius 2 is 1.74 bits per heavy atom. The summed E-state index contributed by atoms with van der Waals surface area (Å²) in [7, 11) is 4.57. The number of ether oxygens (including phenoxy) is 3. The van der Waals surface area contributed by atoms with E-state index in [-0.39, 0.29) is 36.7 Å². The Balaban J connectivity index is 1.41. The topological polar surface area (TPSA) is 170 Å². The lowest BCUT2D eigenvalue weighted by atomic mass is 9.95. The Hall–Kier alpha value is -5.59. The van der Waals surface area contributed by atoms with Crippen LogP contribution in [0.1, 0.15) is 30.5 Å². The highest BCUT2D eigenvalue weighted by Gasteiger charge is 2.29. The van der Waals surface area contributed by atoms with Crippen LogP contribution < -0.4 is 46.7 Å². The summed E-state index contributed by atoms with van der Waals surface area (Å²) in [6, 6.07) is 13.1. The number of aromatic amines is 1. The molecule has 13 heteroatoms. The third-order valence-electron chi connectivity index (χ3n) is 7.90. The Morgan fingerprint density at radius 1 is 0.978 bits per heavy atom. The molecule has 240 valence electrons. The highest BCUT2D eigenvalue weighted by Crippen LogP contribution is 2.50. The minimum atomic E-state index is -0.747. The normalized spacial score (nSPS) is 13.5. The van der Waals surface area contributed by atoms with E-state index < -0.39 is 23.1 Å². The third-order valence-corrected chi connectivity index (χ3v) is 7.90. The summed E-state index contributed by atoms with van der Waals surface area (Å²) >= 11 is 0. The van der Waals surface area contributed by atoms with Crippen molar-refractivity contribution in [2.24, 2.45) is 0 Å². The largest absolute Gasteiger partial charge is 0.493 e. The van der Waals surface area contributed by atoms with Crippen molar-refractivity contribution >= 4 is 28.5 Å². The van der Waals surface area contributed by atoms with E-state index in [1.165, 1.54) is 38.9 Å². The fourth-order valence-electron chi connectivity index (χ4n) is 5.84. The van der Waals surface area contributed by atoms with Gasteiger partial charge in [-0.2, -0.15) is 0 Å². The lowest BCUT2D eigenvalue weighted by molar-refractivity contribution is -0.120. The van der Waals surface area contributed by atoms with E-state index in [2.05, 4.69) is 20.9 Å². The molecule has 1 aromatic heterocycles. The molecule has 0 saturated carbocycles. The summed E-state index contributed by atoms with van der Waals surface area (Å²) in [5, 5.41) is 8.59. The van der Waals surface area contributed by atoms with Gasteiger partial charge in [-0.3, -0.25) is 24.0 Å². The van der Waals surface area contributed by atoms with Crippen LogP contribution in [0.2, 0.25) is 0 Å². The van der Waals surface area contributed by atoms with Gasteiger partial charge in [0.25, 0.3) is 0 Å². The standard InChI is InChI=1S/C33H35N5O8/c1-18(39)36-22-11-9-19-15-27(44-2)30(45-3)31(46-4)29(19)20-10-12-24(26(40)16-21(20)22)35-17-28(41)34-13-14-38-25-8-6-5-7-23(25)37-32(42)33(38)43/h5-8,10,12,15-16,22H,9,11,13-14,17H2,1-4H3,(H,34,41)(H,35,40)(H,36,39)(H,37,42). The highest BCUT2D eigenvalue weighted by atomic mass is 16.5. The first-order chi connectivity index (χ1) is 22.2. The van der Waals surface area contributed by atoms with Gasteiger partial charge in [-0.05, 0) is 59.9 Å². The molecule has 1 unspecified atom stereocenters. The van der Waals surface area contributed by atoms with Crippen LogP contribution in [0.15, 0.2) is 62.9 Å². The van der Waals surface area contributed by atoms with E-state index in [1.54, 1.807) is 36.4 Å². The molecule has 0 radical (unpaired) electrons. The van der Waals surface area contributed by atoms with Crippen molar-refractivity contribution in [3.05, 3.63) is 90.6 Å². The molecular formula is C33H35N5O8. The molecule has 0 bridgehead atoms. The monoisotopic (exact) mass is 629 g/mol. The summed E-state index contributed by atoms with van der Waals surface area (Å²) < 4.78 is 18.3. The van der Waals surface area contributed by atoms with E-state index in [1.807, 2.05) is 6.07 Å². The van der Waals surface area contributed by atoms with Gasteiger partial charge in [0.1, 0.15) is 0 Å². The number of carbonyl (C=O) groups is 2. The van der Waals surface area contributed by atoms with Crippen LogP contribution in [0.25, 0.3) is 22.2 Å². The molecule has 46 heavy (non-hydrogen) atoms. The summed E-state index contributed by atoms with van der Waals surface area (Å²) in [5.74, 6) is 0.657. The van der Waals surface area contributed by atoms with Crippen LogP contribution in [0.3, 0.4) is 0 Å². The third kappa shape index (κ3) is 6.29. The predicted molar refractivity (Wildman–Crippen MR) is 173 cm³/mol. The number of rotatable bonds is 10. The fraction of sp³-hybridized carbons (Fsp3) is 0.303. The first-order valence-electron chi connectivity index (χ1n) is 14.7. The van der Waals surface area contributed by atoms with Crippen molar-refractivity contribution in [1.29, 1.82) is 0 Å². The number of nitrogens with one attached hydrogen (secondary N) is 4. The summed E-state index contributed by atoms with van der Waals surface area (Å²) in [5.41, 5.74) is 2.24. The molecule has 4 aromatic rings. The SMILES string of the molecule is COc1cc2c(c(OC)c1OC)-c1ccc(NCC(=O)NCCn3c(=O)c(=O)[nH]c4ccccc43)c(=O)cc1C(NC(C)=O)CC2. The lowest BCUT2D eigenvalue weighted by Crippen LogP contribution is -2.40. The second-order valence-electron chi connectivity index (χ2n) is 10.7. The van der Waals surface area contributed by atoms with Crippen molar-refractivity contribution in [2.75, 3.05) is 39.7 Å². The maximum atomic E-state index is 13.5. The minimum Gasteiger partial charge on any atom is -0.493 e. The molecule has 0 saturated heterocycles. The zero-order valence-electron chi connectivity index (χ0n) is 25.9. The van der Waals surface area contributed by atoms with Crippen molar-refractivity contribution in [1.82, 2.24) is 20.2 Å². The van der Waals surface area contributed by atoms with E-state index in [0.29, 0.717) is 57.8 Å². The van der Waals surface area contributed by atoms with Gasteiger partial charge in [-0.1, -0.05) is 18.2 Å². The second kappa shape index (κ2) is 13.6. The average molecular weight is 630 g/mol. The number of nitrogens with zero attached hydrogens (tertiary/aromatic N) is 1. The average Bonchev–Trinajstić information content (AvgIpc) is 3.28. The quantitative estimate of drug-likeness (QED) is 0.192. The highest BCUT2D eigenvalue weighted by molar-refractivity contribution is 5.84. The molecule has 1 heterocycles. The molecular weight excluding hydrogens is 594 g/mol. The number of carbonyl (C=O) groups excluding carboxylic acids is 2. The number of amides is 2. The van der Waals surface area contributed by atoms with E-state index in [9.17, 15) is 24.0 Å². The van der Waals surface area contributed by atoms with E-state index in [4.69, 9.17) is 14.2 Å². The number of hydrogen-bond acceptors (Lipinski definition) is 9. The van der Waals surface area contributed by atoms with Crippen LogP contribution in [0.5, 0.6) is 17.2 Å². The minimum absolute atomic E-state index is 0.0782. The zero-order valence-corrected chi connectivity index (χ0v) is 25.9. The molecule has 0 aliphatic heterocycles. The predicted octanol–water partition coefficient (Wildman–Crippen LogP) is 2.09. The molecule has 1 aliphatic carbocycles. The van der Waals surface area contributed by atoms with Crippen LogP contribution in [-0.2, 0) is 22.6 Å². The summed E-state index contributed by atoms with van der Waals surface area (Å²) in [6.45, 7) is 1.35. The van der Waals surface area contributed by atoms with Crippen LogP contribution in [0.4, 0.5) is 5.69 Å². The van der Waals surface area contributed by atoms with E-state index in [0.717, 1.165) is 5.56 Å². The van der Waals surface area contributed by atoms with Gasteiger partial charge in [0.15, 0.2) is 11.5 Å². The van der Waals surface area contributed by atoms with Gasteiger partial charge < -0.3 is 39.7 Å². The summed E-state index contributed by atoms with van der Waals surface area (Å²) in [6.07, 6.45) is 1.08. The smallest absolute Gasteiger partial charge is 0.316 e. The maximum absolute atomic E-state index is 13.5. The Kier molecular flexibility index (Phi) is 9.40. The molecule has 1 atom stereocenters. The molecule has 0 spiro atoms. The van der Waals surface area contributed by atoms with E-state index >= 15 is 0 Å². The van der Waals surface area contributed by atoms with Gasteiger partial charge in [-0.25, -0.2) is 0 Å². The number of methoxy groups -OCH3 is 3. The molecule has 5 rings (SSSR count). The number of para-hydroxylation sites is 2. The van der Waals surface area contributed by atoms with Crippen LogP contribution in [-0.4, -0.2) is 55.8 Å². The summed E-state index contributed by atoms with van der Waals surface area (Å²) in [4.78, 5) is 65.4. The fourth-order valence-corrected chi connectivity index (χ4v) is 5.84. The molecule has 4 N–H and O–H groups in total. The van der Waals surface area contributed by atoms with Gasteiger partial charge in [0.2, 0.25) is 23.0 Å². The van der Waals surface area contributed by atoms with Crippen molar-refractivity contribution in [3.63, 3.8) is 0 Å². The molecule has 1 aliphatic rings. The van der Waals surface area contributed by atoms with Gasteiger partial charge in [0, 0.05) is 25.6 Å². The number of aromatic nitrogens is 2. The number of hydrogen-bond donors (Lipinski definition) is 4. The molecule has 0 fully saturated rings. The van der Waals surface area contributed by atoms with Crippen molar-refractivity contribution in [3.8, 4) is 28.4 Å². The zero-order chi connectivity index (χ0) is 33.0. The first-order valence-corrected chi connectivity index (χ1v) is 14.7. The number of benzene rings is 2. The van der Waals surface area contributed by atoms with Crippen LogP contribution in [0, 0.1) is 0 Å². The molecule has 13 nitrogen and oxygen atoms in total. The first kappa shape index (κ1) is 31.8. The van der Waals surface area contributed by atoms with Gasteiger partial charge in [-0.15, -0.1) is 0 Å².